The van der Waals surface area contributed by atoms with Gasteiger partial charge in [-0.05, 0) is 5.92 Å². The van der Waals surface area contributed by atoms with Crippen molar-refractivity contribution in [3.05, 3.63) is 0 Å². The number of aliphatic carboxylic acids is 1. The van der Waals surface area contributed by atoms with Gasteiger partial charge in [0.15, 0.2) is 6.29 Å². The molecule has 0 saturated carbocycles. The molecule has 0 aliphatic carbocycles. The summed E-state index contributed by atoms with van der Waals surface area (Å²) in [4.78, 5) is 10.0. The SMILES string of the molecule is CC(CC(=O)O)CC(O)O. The molecule has 0 radical (unpaired) electrons. The first-order valence-corrected chi connectivity index (χ1v) is 3.10. The van der Waals surface area contributed by atoms with Gasteiger partial charge in [-0.3, -0.25) is 4.79 Å². The highest BCUT2D eigenvalue weighted by atomic mass is 16.5. The third-order valence-corrected chi connectivity index (χ3v) is 1.14. The van der Waals surface area contributed by atoms with Gasteiger partial charge in [0.25, 0.3) is 0 Å². The van der Waals surface area contributed by atoms with Crippen LogP contribution in [0.15, 0.2) is 0 Å². The zero-order valence-electron chi connectivity index (χ0n) is 5.82. The minimum atomic E-state index is -1.39. The molecule has 4 heteroatoms. The Morgan fingerprint density at radius 1 is 1.50 bits per heavy atom. The summed E-state index contributed by atoms with van der Waals surface area (Å²) < 4.78 is 0. The number of aliphatic hydroxyl groups excluding tert-OH is 1. The molecule has 60 valence electrons. The third-order valence-electron chi connectivity index (χ3n) is 1.14. The minimum absolute atomic E-state index is 0.0162. The standard InChI is InChI=1S/C6H12O4/c1-4(2-5(7)8)3-6(9)10/h4-5,7-8H,2-3H2,1H3,(H,9,10). The van der Waals surface area contributed by atoms with E-state index in [-0.39, 0.29) is 18.8 Å². The largest absolute Gasteiger partial charge is 0.481 e. The van der Waals surface area contributed by atoms with E-state index in [1.165, 1.54) is 0 Å². The van der Waals surface area contributed by atoms with Crippen LogP contribution in [0.3, 0.4) is 0 Å². The van der Waals surface area contributed by atoms with Crippen LogP contribution < -0.4 is 0 Å². The maximum Gasteiger partial charge on any atom is 0.303 e. The summed E-state index contributed by atoms with van der Waals surface area (Å²) in [7, 11) is 0. The van der Waals surface area contributed by atoms with Gasteiger partial charge in [0.2, 0.25) is 0 Å². The smallest absolute Gasteiger partial charge is 0.303 e. The molecule has 0 aliphatic heterocycles. The minimum Gasteiger partial charge on any atom is -0.481 e. The van der Waals surface area contributed by atoms with Crippen LogP contribution in [0, 0.1) is 5.92 Å². The van der Waals surface area contributed by atoms with Gasteiger partial charge in [-0.15, -0.1) is 0 Å². The van der Waals surface area contributed by atoms with Gasteiger partial charge >= 0.3 is 5.97 Å². The van der Waals surface area contributed by atoms with Gasteiger partial charge in [0.05, 0.1) is 0 Å². The first-order chi connectivity index (χ1) is 4.52. The fraction of sp³-hybridized carbons (Fsp3) is 0.833. The van der Waals surface area contributed by atoms with Crippen LogP contribution in [0.1, 0.15) is 19.8 Å². The third kappa shape index (κ3) is 5.53. The zero-order valence-corrected chi connectivity index (χ0v) is 5.82. The summed E-state index contributed by atoms with van der Waals surface area (Å²) in [6.45, 7) is 1.66. The number of carbonyl (C=O) groups is 1. The van der Waals surface area contributed by atoms with E-state index in [0.717, 1.165) is 0 Å². The molecule has 1 atom stereocenters. The lowest BCUT2D eigenvalue weighted by Crippen LogP contribution is -2.13. The summed E-state index contributed by atoms with van der Waals surface area (Å²) in [6.07, 6.45) is -1.29. The van der Waals surface area contributed by atoms with Crippen LogP contribution in [0.2, 0.25) is 0 Å². The second-order valence-electron chi connectivity index (χ2n) is 2.42. The van der Waals surface area contributed by atoms with Crippen molar-refractivity contribution in [2.24, 2.45) is 5.92 Å². The molecular weight excluding hydrogens is 136 g/mol. The second kappa shape index (κ2) is 4.24. The number of hydrogen-bond acceptors (Lipinski definition) is 3. The van der Waals surface area contributed by atoms with Crippen molar-refractivity contribution in [2.45, 2.75) is 26.1 Å². The predicted molar refractivity (Wildman–Crippen MR) is 34.3 cm³/mol. The highest BCUT2D eigenvalue weighted by molar-refractivity contribution is 5.66. The van der Waals surface area contributed by atoms with E-state index >= 15 is 0 Å². The average Bonchev–Trinajstić information content (AvgIpc) is 1.58. The van der Waals surface area contributed by atoms with E-state index < -0.39 is 12.3 Å². The Kier molecular flexibility index (Phi) is 3.99. The van der Waals surface area contributed by atoms with Crippen LogP contribution >= 0.6 is 0 Å². The predicted octanol–water partition coefficient (Wildman–Crippen LogP) is -0.202. The Hall–Kier alpha value is -0.610. The number of aliphatic hydroxyl groups is 2. The molecule has 0 amide bonds. The summed E-state index contributed by atoms with van der Waals surface area (Å²) in [5.41, 5.74) is 0. The van der Waals surface area contributed by atoms with E-state index in [4.69, 9.17) is 15.3 Å². The van der Waals surface area contributed by atoms with Crippen molar-refractivity contribution in [3.8, 4) is 0 Å². The molecular formula is C6H12O4. The monoisotopic (exact) mass is 148 g/mol. The normalized spacial score (nSPS) is 13.6. The van der Waals surface area contributed by atoms with Crippen LogP contribution in [0.5, 0.6) is 0 Å². The molecule has 0 rings (SSSR count). The summed E-state index contributed by atoms with van der Waals surface area (Å²) in [5, 5.41) is 25.0. The highest BCUT2D eigenvalue weighted by Crippen LogP contribution is 2.08. The fourth-order valence-corrected chi connectivity index (χ4v) is 0.741. The summed E-state index contributed by atoms with van der Waals surface area (Å²) in [6, 6.07) is 0. The van der Waals surface area contributed by atoms with Crippen molar-refractivity contribution in [1.29, 1.82) is 0 Å². The maximum absolute atomic E-state index is 10.0. The quantitative estimate of drug-likeness (QED) is 0.482. The first-order valence-electron chi connectivity index (χ1n) is 3.10. The van der Waals surface area contributed by atoms with Crippen molar-refractivity contribution in [3.63, 3.8) is 0 Å². The molecule has 0 bridgehead atoms. The first kappa shape index (κ1) is 9.39. The summed E-state index contributed by atoms with van der Waals surface area (Å²) >= 11 is 0. The van der Waals surface area contributed by atoms with E-state index in [1.54, 1.807) is 6.92 Å². The molecule has 0 saturated heterocycles. The molecule has 10 heavy (non-hydrogen) atoms. The van der Waals surface area contributed by atoms with Crippen LogP contribution in [-0.4, -0.2) is 27.6 Å². The number of carboxylic acid groups (broad SMARTS) is 1. The molecule has 0 aromatic heterocycles. The Morgan fingerprint density at radius 3 is 2.30 bits per heavy atom. The average molecular weight is 148 g/mol. The molecule has 0 aromatic rings. The molecule has 0 aromatic carbocycles. The maximum atomic E-state index is 10.0. The Balaban J connectivity index is 3.43. The molecule has 4 nitrogen and oxygen atoms in total. The van der Waals surface area contributed by atoms with Gasteiger partial charge in [0.1, 0.15) is 0 Å². The van der Waals surface area contributed by atoms with Gasteiger partial charge in [-0.1, -0.05) is 6.92 Å². The molecule has 0 fully saturated rings. The van der Waals surface area contributed by atoms with Crippen molar-refractivity contribution >= 4 is 5.97 Å². The second-order valence-corrected chi connectivity index (χ2v) is 2.42. The molecule has 0 spiro atoms. The van der Waals surface area contributed by atoms with Gasteiger partial charge < -0.3 is 15.3 Å². The van der Waals surface area contributed by atoms with E-state index in [0.29, 0.717) is 0 Å². The van der Waals surface area contributed by atoms with E-state index in [1.807, 2.05) is 0 Å². The topological polar surface area (TPSA) is 77.8 Å². The van der Waals surface area contributed by atoms with E-state index in [9.17, 15) is 4.79 Å². The molecule has 3 N–H and O–H groups in total. The van der Waals surface area contributed by atoms with E-state index in [2.05, 4.69) is 0 Å². The van der Waals surface area contributed by atoms with Crippen LogP contribution in [-0.2, 0) is 4.79 Å². The van der Waals surface area contributed by atoms with Gasteiger partial charge in [-0.2, -0.15) is 0 Å². The van der Waals surface area contributed by atoms with Crippen LogP contribution in [0.25, 0.3) is 0 Å². The number of carboxylic acids is 1. The fourth-order valence-electron chi connectivity index (χ4n) is 0.741. The van der Waals surface area contributed by atoms with Crippen LogP contribution in [0.4, 0.5) is 0 Å². The van der Waals surface area contributed by atoms with Crippen molar-refractivity contribution in [2.75, 3.05) is 0 Å². The summed E-state index contributed by atoms with van der Waals surface area (Å²) in [5.74, 6) is -1.09. The lowest BCUT2D eigenvalue weighted by Gasteiger charge is -2.08. The zero-order chi connectivity index (χ0) is 8.15. The number of hydrogen-bond donors (Lipinski definition) is 3. The Bertz CT molecular complexity index is 110. The van der Waals surface area contributed by atoms with Gasteiger partial charge in [-0.25, -0.2) is 0 Å². The Labute approximate surface area is 59.1 Å². The number of rotatable bonds is 4. The Morgan fingerprint density at radius 2 is 2.00 bits per heavy atom. The molecule has 0 aliphatic rings. The lowest BCUT2D eigenvalue weighted by molar-refractivity contribution is -0.138. The van der Waals surface area contributed by atoms with Crippen molar-refractivity contribution in [1.82, 2.24) is 0 Å². The molecule has 1 unspecified atom stereocenters. The lowest BCUT2D eigenvalue weighted by atomic mass is 10.0. The highest BCUT2D eigenvalue weighted by Gasteiger charge is 2.10. The van der Waals surface area contributed by atoms with Crippen molar-refractivity contribution < 1.29 is 20.1 Å². The van der Waals surface area contributed by atoms with Gasteiger partial charge in [0, 0.05) is 12.8 Å². The molecule has 0 heterocycles.